The van der Waals surface area contributed by atoms with E-state index in [0.717, 1.165) is 12.5 Å². The van der Waals surface area contributed by atoms with Crippen molar-refractivity contribution in [2.45, 2.75) is 57.4 Å². The first-order valence-electron chi connectivity index (χ1n) is 6.48. The van der Waals surface area contributed by atoms with Gasteiger partial charge in [-0.25, -0.2) is 0 Å². The second kappa shape index (κ2) is 5.74. The molecule has 1 aliphatic rings. The number of thioether (sulfide) groups is 1. The van der Waals surface area contributed by atoms with Gasteiger partial charge in [0, 0.05) is 23.4 Å². The van der Waals surface area contributed by atoms with E-state index in [0.29, 0.717) is 11.3 Å². The number of hydrogen-bond donors (Lipinski definition) is 1. The standard InChI is InChI=1S/C13H28N2S/c1-10(2)8-11(3)15(5)13(9-14)6-7-16-12(13)4/h10-12H,6-9,14H2,1-5H3. The lowest BCUT2D eigenvalue weighted by atomic mass is 9.88. The maximum Gasteiger partial charge on any atom is 0.0454 e. The van der Waals surface area contributed by atoms with Crippen LogP contribution < -0.4 is 5.73 Å². The highest BCUT2D eigenvalue weighted by atomic mass is 32.2. The molecule has 1 fully saturated rings. The highest BCUT2D eigenvalue weighted by molar-refractivity contribution is 8.00. The lowest BCUT2D eigenvalue weighted by Crippen LogP contribution is -2.58. The summed E-state index contributed by atoms with van der Waals surface area (Å²) < 4.78 is 0. The Labute approximate surface area is 105 Å². The first kappa shape index (κ1) is 14.3. The lowest BCUT2D eigenvalue weighted by Gasteiger charge is -2.45. The van der Waals surface area contributed by atoms with Gasteiger partial charge in [-0.2, -0.15) is 11.8 Å². The molecular weight excluding hydrogens is 216 g/mol. The molecule has 0 aromatic heterocycles. The van der Waals surface area contributed by atoms with E-state index in [-0.39, 0.29) is 5.54 Å². The van der Waals surface area contributed by atoms with Crippen LogP contribution in [0.2, 0.25) is 0 Å². The molecule has 1 rings (SSSR count). The minimum absolute atomic E-state index is 0.235. The Morgan fingerprint density at radius 3 is 2.44 bits per heavy atom. The fourth-order valence-corrected chi connectivity index (χ4v) is 4.44. The number of nitrogens with zero attached hydrogens (tertiary/aromatic N) is 1. The number of rotatable bonds is 5. The third-order valence-electron chi connectivity index (χ3n) is 4.19. The summed E-state index contributed by atoms with van der Waals surface area (Å²) in [4.78, 5) is 2.55. The maximum absolute atomic E-state index is 6.07. The average Bonchev–Trinajstić information content (AvgIpc) is 2.58. The van der Waals surface area contributed by atoms with Gasteiger partial charge in [-0.15, -0.1) is 0 Å². The third-order valence-corrected chi connectivity index (χ3v) is 5.57. The second-order valence-corrected chi connectivity index (χ2v) is 7.11. The van der Waals surface area contributed by atoms with Crippen molar-refractivity contribution in [3.05, 3.63) is 0 Å². The van der Waals surface area contributed by atoms with Gasteiger partial charge < -0.3 is 5.73 Å². The normalized spacial score (nSPS) is 32.6. The highest BCUT2D eigenvalue weighted by Crippen LogP contribution is 2.40. The van der Waals surface area contributed by atoms with Crippen LogP contribution in [0.25, 0.3) is 0 Å². The summed E-state index contributed by atoms with van der Waals surface area (Å²) in [6.07, 6.45) is 2.50. The zero-order valence-corrected chi connectivity index (χ0v) is 12.3. The predicted octanol–water partition coefficient (Wildman–Crippen LogP) is 2.58. The van der Waals surface area contributed by atoms with Gasteiger partial charge in [-0.05, 0) is 38.5 Å². The molecule has 2 nitrogen and oxygen atoms in total. The molecule has 1 heterocycles. The monoisotopic (exact) mass is 244 g/mol. The minimum Gasteiger partial charge on any atom is -0.329 e. The lowest BCUT2D eigenvalue weighted by molar-refractivity contribution is 0.0777. The molecule has 0 amide bonds. The molecule has 0 aliphatic carbocycles. The summed E-state index contributed by atoms with van der Waals surface area (Å²) in [5.74, 6) is 2.02. The molecule has 0 bridgehead atoms. The van der Waals surface area contributed by atoms with Crippen molar-refractivity contribution >= 4 is 11.8 Å². The molecule has 1 aliphatic heterocycles. The Hall–Kier alpha value is 0.270. The van der Waals surface area contributed by atoms with Crippen LogP contribution in [0.15, 0.2) is 0 Å². The quantitative estimate of drug-likeness (QED) is 0.806. The maximum atomic E-state index is 6.07. The van der Waals surface area contributed by atoms with Crippen LogP contribution >= 0.6 is 11.8 Å². The van der Waals surface area contributed by atoms with E-state index in [9.17, 15) is 0 Å². The summed E-state index contributed by atoms with van der Waals surface area (Å²) >= 11 is 2.07. The van der Waals surface area contributed by atoms with Crippen molar-refractivity contribution in [1.29, 1.82) is 0 Å². The fraction of sp³-hybridized carbons (Fsp3) is 1.00. The van der Waals surface area contributed by atoms with Gasteiger partial charge in [-0.3, -0.25) is 4.90 Å². The molecule has 1 saturated heterocycles. The van der Waals surface area contributed by atoms with Crippen molar-refractivity contribution < 1.29 is 0 Å². The average molecular weight is 244 g/mol. The zero-order valence-electron chi connectivity index (χ0n) is 11.5. The zero-order chi connectivity index (χ0) is 12.3. The van der Waals surface area contributed by atoms with E-state index in [2.05, 4.69) is 51.4 Å². The molecule has 16 heavy (non-hydrogen) atoms. The Morgan fingerprint density at radius 1 is 1.44 bits per heavy atom. The SMILES string of the molecule is CC(C)CC(C)N(C)C1(CN)CCSC1C. The fourth-order valence-electron chi connectivity index (χ4n) is 2.93. The molecule has 3 unspecified atom stereocenters. The van der Waals surface area contributed by atoms with E-state index in [1.165, 1.54) is 18.6 Å². The van der Waals surface area contributed by atoms with Crippen molar-refractivity contribution in [3.63, 3.8) is 0 Å². The van der Waals surface area contributed by atoms with E-state index in [4.69, 9.17) is 5.73 Å². The summed E-state index contributed by atoms with van der Waals surface area (Å²) in [6.45, 7) is 10.1. The van der Waals surface area contributed by atoms with Gasteiger partial charge in [0.05, 0.1) is 0 Å². The molecule has 0 aromatic rings. The Bertz CT molecular complexity index is 220. The van der Waals surface area contributed by atoms with Crippen LogP contribution in [0.3, 0.4) is 0 Å². The van der Waals surface area contributed by atoms with Crippen LogP contribution in [-0.4, -0.2) is 41.1 Å². The topological polar surface area (TPSA) is 29.3 Å². The third kappa shape index (κ3) is 2.74. The van der Waals surface area contributed by atoms with Crippen molar-refractivity contribution in [2.75, 3.05) is 19.3 Å². The van der Waals surface area contributed by atoms with Gasteiger partial charge in [0.25, 0.3) is 0 Å². The van der Waals surface area contributed by atoms with E-state index < -0.39 is 0 Å². The highest BCUT2D eigenvalue weighted by Gasteiger charge is 2.44. The molecule has 2 N–H and O–H groups in total. The molecule has 0 aromatic carbocycles. The summed E-state index contributed by atoms with van der Waals surface area (Å²) in [6, 6.07) is 0.629. The van der Waals surface area contributed by atoms with E-state index in [1.54, 1.807) is 0 Å². The molecule has 96 valence electrons. The molecule has 3 heteroatoms. The van der Waals surface area contributed by atoms with Crippen molar-refractivity contribution in [3.8, 4) is 0 Å². The minimum atomic E-state index is 0.235. The first-order valence-corrected chi connectivity index (χ1v) is 7.53. The number of likely N-dealkylation sites (N-methyl/N-ethyl adjacent to an activating group) is 1. The second-order valence-electron chi connectivity index (χ2n) is 5.66. The Kier molecular flexibility index (Phi) is 5.14. The molecule has 3 atom stereocenters. The molecule has 0 radical (unpaired) electrons. The van der Waals surface area contributed by atoms with Crippen LogP contribution in [0.5, 0.6) is 0 Å². The molecule has 0 spiro atoms. The van der Waals surface area contributed by atoms with Crippen LogP contribution in [0.4, 0.5) is 0 Å². The number of nitrogens with two attached hydrogens (primary N) is 1. The summed E-state index contributed by atoms with van der Waals surface area (Å²) in [7, 11) is 2.27. The van der Waals surface area contributed by atoms with Crippen molar-refractivity contribution in [2.24, 2.45) is 11.7 Å². The smallest absolute Gasteiger partial charge is 0.0454 e. The van der Waals surface area contributed by atoms with Crippen LogP contribution in [0, 0.1) is 5.92 Å². The predicted molar refractivity (Wildman–Crippen MR) is 75.0 cm³/mol. The van der Waals surface area contributed by atoms with Crippen LogP contribution in [0.1, 0.15) is 40.5 Å². The molecular formula is C13H28N2S. The first-order chi connectivity index (χ1) is 7.44. The van der Waals surface area contributed by atoms with Gasteiger partial charge in [0.15, 0.2) is 0 Å². The van der Waals surface area contributed by atoms with E-state index in [1.807, 2.05) is 0 Å². The Balaban J connectivity index is 2.72. The van der Waals surface area contributed by atoms with Gasteiger partial charge in [0.2, 0.25) is 0 Å². The van der Waals surface area contributed by atoms with Gasteiger partial charge in [0.1, 0.15) is 0 Å². The molecule has 0 saturated carbocycles. The Morgan fingerprint density at radius 2 is 2.06 bits per heavy atom. The van der Waals surface area contributed by atoms with Crippen molar-refractivity contribution in [1.82, 2.24) is 4.90 Å². The van der Waals surface area contributed by atoms with Crippen LogP contribution in [-0.2, 0) is 0 Å². The summed E-state index contributed by atoms with van der Waals surface area (Å²) in [5.41, 5.74) is 6.31. The van der Waals surface area contributed by atoms with Gasteiger partial charge >= 0.3 is 0 Å². The van der Waals surface area contributed by atoms with E-state index >= 15 is 0 Å². The summed E-state index contributed by atoms with van der Waals surface area (Å²) in [5, 5.41) is 0.664. The largest absolute Gasteiger partial charge is 0.329 e. The number of hydrogen-bond acceptors (Lipinski definition) is 3. The van der Waals surface area contributed by atoms with Gasteiger partial charge in [-0.1, -0.05) is 20.8 Å².